The summed E-state index contributed by atoms with van der Waals surface area (Å²) in [6.07, 6.45) is 3.49. The molecule has 1 aromatic heterocycles. The maximum absolute atomic E-state index is 10.9. The summed E-state index contributed by atoms with van der Waals surface area (Å²) < 4.78 is 10.9. The molecule has 0 fully saturated rings. The molecule has 84 valence electrons. The first-order valence-electron chi connectivity index (χ1n) is 5.15. The zero-order valence-electron chi connectivity index (χ0n) is 9.14. The molecule has 0 aliphatic rings. The van der Waals surface area contributed by atoms with Gasteiger partial charge in [0.1, 0.15) is 5.82 Å². The second-order valence-corrected chi connectivity index (χ2v) is 5.14. The van der Waals surface area contributed by atoms with Gasteiger partial charge in [0.2, 0.25) is 0 Å². The van der Waals surface area contributed by atoms with Crippen LogP contribution in [-0.4, -0.2) is 27.7 Å². The number of fused-ring (bicyclic) bond motifs is 1. The van der Waals surface area contributed by atoms with Gasteiger partial charge in [-0.05, 0) is 11.5 Å². The summed E-state index contributed by atoms with van der Waals surface area (Å²) in [5, 5.41) is 5.48. The molecule has 2 rings (SSSR count). The Bertz CT molecular complexity index is 508. The van der Waals surface area contributed by atoms with Gasteiger partial charge >= 0.3 is 0 Å². The first-order valence-corrected chi connectivity index (χ1v) is 6.88. The Balaban J connectivity index is 2.20. The van der Waals surface area contributed by atoms with E-state index in [-0.39, 0.29) is 0 Å². The van der Waals surface area contributed by atoms with Gasteiger partial charge in [0, 0.05) is 40.9 Å². The van der Waals surface area contributed by atoms with E-state index in [0.717, 1.165) is 16.6 Å². The van der Waals surface area contributed by atoms with Gasteiger partial charge < -0.3 is 5.32 Å². The Kier molecular flexibility index (Phi) is 3.51. The van der Waals surface area contributed by atoms with E-state index in [2.05, 4.69) is 16.4 Å². The van der Waals surface area contributed by atoms with Crippen molar-refractivity contribution in [1.82, 2.24) is 4.98 Å². The van der Waals surface area contributed by atoms with Crippen LogP contribution in [0, 0.1) is 0 Å². The number of aromatic nitrogens is 1. The van der Waals surface area contributed by atoms with Gasteiger partial charge in [-0.15, -0.1) is 0 Å². The highest BCUT2D eigenvalue weighted by molar-refractivity contribution is 7.84. The summed E-state index contributed by atoms with van der Waals surface area (Å²) in [6.45, 7) is 0.685. The number of anilines is 1. The van der Waals surface area contributed by atoms with Crippen LogP contribution in [0.5, 0.6) is 0 Å². The molecular formula is C12H14N2OS. The van der Waals surface area contributed by atoms with Gasteiger partial charge in [-0.3, -0.25) is 4.21 Å². The fourth-order valence-electron chi connectivity index (χ4n) is 1.57. The molecule has 0 aliphatic carbocycles. The van der Waals surface area contributed by atoms with Gasteiger partial charge in [0.05, 0.1) is 0 Å². The molecule has 1 atom stereocenters. The molecule has 3 nitrogen and oxygen atoms in total. The number of hydrogen-bond donors (Lipinski definition) is 1. The quantitative estimate of drug-likeness (QED) is 0.880. The average molecular weight is 234 g/mol. The smallest absolute Gasteiger partial charge is 0.133 e. The summed E-state index contributed by atoms with van der Waals surface area (Å²) in [5.74, 6) is 1.51. The van der Waals surface area contributed by atoms with E-state index in [0.29, 0.717) is 12.3 Å². The van der Waals surface area contributed by atoms with Crippen LogP contribution in [0.25, 0.3) is 10.8 Å². The van der Waals surface area contributed by atoms with Crippen LogP contribution in [-0.2, 0) is 10.8 Å². The van der Waals surface area contributed by atoms with Crippen LogP contribution in [0.1, 0.15) is 0 Å². The molecule has 1 N–H and O–H groups in total. The van der Waals surface area contributed by atoms with E-state index in [4.69, 9.17) is 0 Å². The summed E-state index contributed by atoms with van der Waals surface area (Å²) >= 11 is 0. The molecule has 0 radical (unpaired) electrons. The number of rotatable bonds is 4. The van der Waals surface area contributed by atoms with Gasteiger partial charge in [0.25, 0.3) is 0 Å². The Labute approximate surface area is 97.4 Å². The van der Waals surface area contributed by atoms with Crippen LogP contribution in [0.15, 0.2) is 36.5 Å². The molecule has 1 aromatic carbocycles. The van der Waals surface area contributed by atoms with E-state index in [1.165, 1.54) is 0 Å². The summed E-state index contributed by atoms with van der Waals surface area (Å²) in [6, 6.07) is 10.1. The second kappa shape index (κ2) is 5.07. The summed E-state index contributed by atoms with van der Waals surface area (Å²) in [4.78, 5) is 4.29. The zero-order valence-corrected chi connectivity index (χ0v) is 9.96. The molecule has 0 saturated carbocycles. The molecule has 16 heavy (non-hydrogen) atoms. The third kappa shape index (κ3) is 2.58. The minimum Gasteiger partial charge on any atom is -0.369 e. The molecule has 0 amide bonds. The fraction of sp³-hybridized carbons (Fsp3) is 0.250. The van der Waals surface area contributed by atoms with E-state index >= 15 is 0 Å². The lowest BCUT2D eigenvalue weighted by Gasteiger charge is -2.07. The molecule has 4 heteroatoms. The third-order valence-electron chi connectivity index (χ3n) is 2.36. The van der Waals surface area contributed by atoms with Gasteiger partial charge in [0.15, 0.2) is 0 Å². The number of pyridine rings is 1. The Morgan fingerprint density at radius 1 is 1.31 bits per heavy atom. The molecule has 0 bridgehead atoms. The number of benzene rings is 1. The van der Waals surface area contributed by atoms with Crippen molar-refractivity contribution in [3.63, 3.8) is 0 Å². The first kappa shape index (κ1) is 11.1. The van der Waals surface area contributed by atoms with Crippen LogP contribution in [0.2, 0.25) is 0 Å². The highest BCUT2D eigenvalue weighted by atomic mass is 32.2. The van der Waals surface area contributed by atoms with Crippen LogP contribution >= 0.6 is 0 Å². The Morgan fingerprint density at radius 2 is 2.12 bits per heavy atom. The Morgan fingerprint density at radius 3 is 2.94 bits per heavy atom. The normalized spacial score (nSPS) is 12.6. The van der Waals surface area contributed by atoms with Gasteiger partial charge in [-0.25, -0.2) is 4.98 Å². The maximum Gasteiger partial charge on any atom is 0.133 e. The molecule has 0 spiro atoms. The average Bonchev–Trinajstić information content (AvgIpc) is 2.29. The zero-order chi connectivity index (χ0) is 11.4. The minimum atomic E-state index is -0.763. The van der Waals surface area contributed by atoms with Crippen LogP contribution < -0.4 is 5.32 Å². The topological polar surface area (TPSA) is 42.0 Å². The van der Waals surface area contributed by atoms with Crippen molar-refractivity contribution in [3.05, 3.63) is 36.5 Å². The van der Waals surface area contributed by atoms with Crippen molar-refractivity contribution in [3.8, 4) is 0 Å². The minimum absolute atomic E-state index is 0.644. The van der Waals surface area contributed by atoms with E-state index < -0.39 is 10.8 Å². The monoisotopic (exact) mass is 234 g/mol. The highest BCUT2D eigenvalue weighted by Gasteiger charge is 2.00. The number of nitrogens with zero attached hydrogens (tertiary/aromatic N) is 1. The van der Waals surface area contributed by atoms with Crippen LogP contribution in [0.4, 0.5) is 5.82 Å². The highest BCUT2D eigenvalue weighted by Crippen LogP contribution is 2.19. The summed E-state index contributed by atoms with van der Waals surface area (Å²) in [7, 11) is -0.763. The lowest BCUT2D eigenvalue weighted by molar-refractivity contribution is 0.687. The first-order chi connectivity index (χ1) is 7.77. The molecule has 0 aliphatic heterocycles. The van der Waals surface area contributed by atoms with Crippen molar-refractivity contribution < 1.29 is 4.21 Å². The van der Waals surface area contributed by atoms with Crippen molar-refractivity contribution in [1.29, 1.82) is 0 Å². The maximum atomic E-state index is 10.9. The SMILES string of the molecule is CS(=O)CCNc1nccc2ccccc12. The van der Waals surface area contributed by atoms with Crippen molar-refractivity contribution >= 4 is 27.4 Å². The van der Waals surface area contributed by atoms with Gasteiger partial charge in [-0.2, -0.15) is 0 Å². The molecule has 2 aromatic rings. The molecular weight excluding hydrogens is 220 g/mol. The predicted octanol–water partition coefficient (Wildman–Crippen LogP) is 2.03. The van der Waals surface area contributed by atoms with Crippen molar-refractivity contribution in [2.75, 3.05) is 23.9 Å². The van der Waals surface area contributed by atoms with Crippen LogP contribution in [0.3, 0.4) is 0 Å². The third-order valence-corrected chi connectivity index (χ3v) is 3.13. The largest absolute Gasteiger partial charge is 0.369 e. The number of nitrogens with one attached hydrogen (secondary N) is 1. The standard InChI is InChI=1S/C12H14N2OS/c1-16(15)9-8-14-12-11-5-3-2-4-10(11)6-7-13-12/h2-7H,8-9H2,1H3,(H,13,14). The lowest BCUT2D eigenvalue weighted by Crippen LogP contribution is -2.10. The summed E-state index contributed by atoms with van der Waals surface area (Å²) in [5.41, 5.74) is 0. The van der Waals surface area contributed by atoms with E-state index in [1.54, 1.807) is 12.5 Å². The molecule has 0 saturated heterocycles. The second-order valence-electron chi connectivity index (χ2n) is 3.58. The predicted molar refractivity (Wildman–Crippen MR) is 69.2 cm³/mol. The van der Waals surface area contributed by atoms with E-state index in [1.807, 2.05) is 24.3 Å². The fourth-order valence-corrected chi connectivity index (χ4v) is 1.96. The van der Waals surface area contributed by atoms with Gasteiger partial charge in [-0.1, -0.05) is 24.3 Å². The van der Waals surface area contributed by atoms with E-state index in [9.17, 15) is 4.21 Å². The number of hydrogen-bond acceptors (Lipinski definition) is 3. The van der Waals surface area contributed by atoms with Crippen molar-refractivity contribution in [2.45, 2.75) is 0 Å². The molecule has 1 unspecified atom stereocenters. The lowest BCUT2D eigenvalue weighted by atomic mass is 10.1. The van der Waals surface area contributed by atoms with Crippen molar-refractivity contribution in [2.24, 2.45) is 0 Å². The molecule has 1 heterocycles. The Hall–Kier alpha value is -1.42.